The number of aromatic carboxylic acids is 1. The summed E-state index contributed by atoms with van der Waals surface area (Å²) in [5.74, 6) is -1.48. The summed E-state index contributed by atoms with van der Waals surface area (Å²) in [4.78, 5) is 15.8. The molecule has 5 nitrogen and oxygen atoms in total. The van der Waals surface area contributed by atoms with E-state index in [1.807, 2.05) is 44.1 Å². The molecule has 0 amide bonds. The molecule has 0 fully saturated rings. The molecule has 3 aromatic carbocycles. The molecule has 0 aliphatic heterocycles. The van der Waals surface area contributed by atoms with Gasteiger partial charge in [-0.05, 0) is 59.5 Å². The first-order valence-corrected chi connectivity index (χ1v) is 9.80. The first-order chi connectivity index (χ1) is 14.2. The highest BCUT2D eigenvalue weighted by Gasteiger charge is 2.22. The van der Waals surface area contributed by atoms with Crippen molar-refractivity contribution in [3.63, 3.8) is 0 Å². The van der Waals surface area contributed by atoms with E-state index in [1.165, 1.54) is 0 Å². The lowest BCUT2D eigenvalue weighted by atomic mass is 9.83. The van der Waals surface area contributed by atoms with Crippen molar-refractivity contribution in [2.45, 2.75) is 12.8 Å². The molecule has 0 atom stereocenters. The highest BCUT2D eigenvalue weighted by Crippen LogP contribution is 2.37. The van der Waals surface area contributed by atoms with Crippen molar-refractivity contribution in [1.29, 1.82) is 0 Å². The van der Waals surface area contributed by atoms with Gasteiger partial charge >= 0.3 is 5.97 Å². The fourth-order valence-electron chi connectivity index (χ4n) is 3.64. The van der Waals surface area contributed by atoms with E-state index in [4.69, 9.17) is 0 Å². The molecule has 0 bridgehead atoms. The predicted octanol–water partition coefficient (Wildman–Crippen LogP) is 4.71. The van der Waals surface area contributed by atoms with Crippen molar-refractivity contribution < 1.29 is 15.0 Å². The van der Waals surface area contributed by atoms with Gasteiger partial charge < -0.3 is 20.0 Å². The van der Waals surface area contributed by atoms with E-state index in [2.05, 4.69) is 48.5 Å². The topological polar surface area (TPSA) is 64.0 Å². The molecule has 30 heavy (non-hydrogen) atoms. The number of hydrogen-bond acceptors (Lipinski definition) is 4. The van der Waals surface area contributed by atoms with Crippen molar-refractivity contribution in [3.05, 3.63) is 88.5 Å². The lowest BCUT2D eigenvalue weighted by Gasteiger charge is -2.22. The zero-order valence-electron chi connectivity index (χ0n) is 18.0. The molecule has 0 unspecified atom stereocenters. The summed E-state index contributed by atoms with van der Waals surface area (Å²) in [6, 6.07) is 20.0. The van der Waals surface area contributed by atoms with E-state index in [0.29, 0.717) is 5.56 Å². The minimum atomic E-state index is -1.14. The van der Waals surface area contributed by atoms with Crippen LogP contribution in [-0.4, -0.2) is 44.4 Å². The van der Waals surface area contributed by atoms with Crippen molar-refractivity contribution in [3.8, 4) is 5.75 Å². The van der Waals surface area contributed by atoms with Crippen LogP contribution in [0.25, 0.3) is 0 Å². The number of carboxylic acids is 1. The molecule has 0 spiro atoms. The number of carbonyl (C=O) groups is 1. The van der Waals surface area contributed by atoms with Crippen molar-refractivity contribution in [2.75, 3.05) is 38.0 Å². The molecule has 0 saturated carbocycles. The van der Waals surface area contributed by atoms with Gasteiger partial charge in [-0.15, -0.1) is 0 Å². The Morgan fingerprint density at radius 1 is 0.767 bits per heavy atom. The zero-order chi connectivity index (χ0) is 22.0. The summed E-state index contributed by atoms with van der Waals surface area (Å²) in [6.07, 6.45) is 0. The maximum absolute atomic E-state index is 11.7. The SMILES string of the molecule is Cc1cc(C(c2ccc(N(C)C)cc2)c2ccc(N(C)C)cc2)cc(C(=O)O)c1O. The second-order valence-corrected chi connectivity index (χ2v) is 7.94. The van der Waals surface area contributed by atoms with Gasteiger partial charge in [0, 0.05) is 45.5 Å². The summed E-state index contributed by atoms with van der Waals surface area (Å²) in [7, 11) is 7.98. The first-order valence-electron chi connectivity index (χ1n) is 9.80. The minimum absolute atomic E-state index is 0.0789. The molecule has 156 valence electrons. The molecule has 0 aromatic heterocycles. The van der Waals surface area contributed by atoms with E-state index in [9.17, 15) is 15.0 Å². The van der Waals surface area contributed by atoms with Crippen molar-refractivity contribution in [1.82, 2.24) is 0 Å². The van der Waals surface area contributed by atoms with Gasteiger partial charge in [0.05, 0.1) is 0 Å². The Kier molecular flexibility index (Phi) is 6.01. The summed E-state index contributed by atoms with van der Waals surface area (Å²) in [6.45, 7) is 1.73. The van der Waals surface area contributed by atoms with Crippen LogP contribution in [0.5, 0.6) is 5.75 Å². The van der Waals surface area contributed by atoms with Crippen LogP contribution in [0.2, 0.25) is 0 Å². The largest absolute Gasteiger partial charge is 0.507 e. The third-order valence-corrected chi connectivity index (χ3v) is 5.37. The van der Waals surface area contributed by atoms with Crippen LogP contribution in [0.15, 0.2) is 60.7 Å². The number of rotatable bonds is 6. The third-order valence-electron chi connectivity index (χ3n) is 5.37. The molecule has 0 aliphatic carbocycles. The van der Waals surface area contributed by atoms with Gasteiger partial charge in [0.15, 0.2) is 0 Å². The Morgan fingerprint density at radius 3 is 1.57 bits per heavy atom. The Balaban J connectivity index is 2.18. The number of carboxylic acid groups (broad SMARTS) is 1. The van der Waals surface area contributed by atoms with Gasteiger partial charge in [-0.2, -0.15) is 0 Å². The highest BCUT2D eigenvalue weighted by molar-refractivity contribution is 5.91. The summed E-state index contributed by atoms with van der Waals surface area (Å²) in [5, 5.41) is 19.8. The first kappa shape index (κ1) is 21.2. The second kappa shape index (κ2) is 8.49. The highest BCUT2D eigenvalue weighted by atomic mass is 16.4. The Morgan fingerprint density at radius 2 is 1.20 bits per heavy atom. The molecule has 3 aromatic rings. The lowest BCUT2D eigenvalue weighted by molar-refractivity contribution is 0.0693. The Bertz CT molecular complexity index is 988. The summed E-state index contributed by atoms with van der Waals surface area (Å²) in [5.41, 5.74) is 5.59. The molecule has 0 saturated heterocycles. The summed E-state index contributed by atoms with van der Waals surface area (Å²) >= 11 is 0. The average Bonchev–Trinajstić information content (AvgIpc) is 2.71. The van der Waals surface area contributed by atoms with Crippen molar-refractivity contribution >= 4 is 17.3 Å². The second-order valence-electron chi connectivity index (χ2n) is 7.94. The third kappa shape index (κ3) is 4.25. The van der Waals surface area contributed by atoms with Crippen molar-refractivity contribution in [2.24, 2.45) is 0 Å². The van der Waals surface area contributed by atoms with Gasteiger partial charge in [0.2, 0.25) is 0 Å². The lowest BCUT2D eigenvalue weighted by Crippen LogP contribution is -2.11. The molecule has 0 heterocycles. The molecule has 5 heteroatoms. The van der Waals surface area contributed by atoms with Crippen LogP contribution < -0.4 is 9.80 Å². The van der Waals surface area contributed by atoms with Gasteiger partial charge in [-0.1, -0.05) is 30.3 Å². The Hall–Kier alpha value is -3.47. The zero-order valence-corrected chi connectivity index (χ0v) is 18.0. The van der Waals surface area contributed by atoms with Gasteiger partial charge in [0.1, 0.15) is 11.3 Å². The van der Waals surface area contributed by atoms with Gasteiger partial charge in [-0.25, -0.2) is 4.79 Å². The maximum Gasteiger partial charge on any atom is 0.339 e. The van der Waals surface area contributed by atoms with E-state index in [-0.39, 0.29) is 17.2 Å². The predicted molar refractivity (Wildman–Crippen MR) is 122 cm³/mol. The van der Waals surface area contributed by atoms with Gasteiger partial charge in [-0.3, -0.25) is 0 Å². The van der Waals surface area contributed by atoms with E-state index in [0.717, 1.165) is 28.1 Å². The van der Waals surface area contributed by atoms with E-state index >= 15 is 0 Å². The number of nitrogens with zero attached hydrogens (tertiary/aromatic N) is 2. The van der Waals surface area contributed by atoms with Crippen LogP contribution >= 0.6 is 0 Å². The minimum Gasteiger partial charge on any atom is -0.507 e. The number of aromatic hydroxyl groups is 1. The molecular weight excluding hydrogens is 376 g/mol. The number of anilines is 2. The van der Waals surface area contributed by atoms with Crippen LogP contribution in [0, 0.1) is 6.92 Å². The van der Waals surface area contributed by atoms with Gasteiger partial charge in [0.25, 0.3) is 0 Å². The standard InChI is InChI=1S/C25H28N2O3/c1-16-14-19(15-22(24(16)28)25(29)30)23(17-6-10-20(11-7-17)26(2)3)18-8-12-21(13-9-18)27(4)5/h6-15,23,28H,1-5H3,(H,29,30). The normalized spacial score (nSPS) is 10.9. The number of hydrogen-bond donors (Lipinski definition) is 2. The fraction of sp³-hybridized carbons (Fsp3) is 0.240. The molecular formula is C25H28N2O3. The van der Waals surface area contributed by atoms with Crippen LogP contribution in [0.1, 0.15) is 38.5 Å². The Labute approximate surface area is 177 Å². The van der Waals surface area contributed by atoms with Crippen LogP contribution in [-0.2, 0) is 0 Å². The molecule has 3 rings (SSSR count). The molecule has 0 radical (unpaired) electrons. The smallest absolute Gasteiger partial charge is 0.339 e. The molecule has 0 aliphatic rings. The quantitative estimate of drug-likeness (QED) is 0.583. The number of phenols is 1. The average molecular weight is 405 g/mol. The van der Waals surface area contributed by atoms with E-state index in [1.54, 1.807) is 13.0 Å². The van der Waals surface area contributed by atoms with Crippen LogP contribution in [0.4, 0.5) is 11.4 Å². The maximum atomic E-state index is 11.7. The summed E-state index contributed by atoms with van der Waals surface area (Å²) < 4.78 is 0. The number of benzene rings is 3. The van der Waals surface area contributed by atoms with E-state index < -0.39 is 5.97 Å². The van der Waals surface area contributed by atoms with Crippen LogP contribution in [0.3, 0.4) is 0 Å². The fourth-order valence-corrected chi connectivity index (χ4v) is 3.64. The molecule has 2 N–H and O–H groups in total. The monoisotopic (exact) mass is 404 g/mol. The number of aryl methyl sites for hydroxylation is 1.